The predicted molar refractivity (Wildman–Crippen MR) is 159 cm³/mol. The Balaban J connectivity index is 1.42. The van der Waals surface area contributed by atoms with Gasteiger partial charge in [-0.2, -0.15) is 0 Å². The molecule has 2 aromatic carbocycles. The molecule has 1 aliphatic carbocycles. The van der Waals surface area contributed by atoms with Gasteiger partial charge in [0.05, 0.1) is 31.1 Å². The lowest BCUT2D eigenvalue weighted by Gasteiger charge is -2.58. The highest BCUT2D eigenvalue weighted by Gasteiger charge is 2.55. The summed E-state index contributed by atoms with van der Waals surface area (Å²) in [5, 5.41) is 2.23. The maximum absolute atomic E-state index is 14.1. The van der Waals surface area contributed by atoms with Gasteiger partial charge >= 0.3 is 6.16 Å². The molecule has 0 spiro atoms. The van der Waals surface area contributed by atoms with Crippen LogP contribution in [0.5, 0.6) is 5.75 Å². The Morgan fingerprint density at radius 2 is 1.88 bits per heavy atom. The lowest BCUT2D eigenvalue weighted by Crippen LogP contribution is -2.68. The first-order valence-corrected chi connectivity index (χ1v) is 15.4. The van der Waals surface area contributed by atoms with Gasteiger partial charge in [-0.15, -0.1) is 11.8 Å². The molecule has 2 unspecified atom stereocenters. The summed E-state index contributed by atoms with van der Waals surface area (Å²) in [4.78, 5) is 41.8. The van der Waals surface area contributed by atoms with E-state index in [1.807, 2.05) is 11.8 Å². The van der Waals surface area contributed by atoms with Crippen LogP contribution >= 0.6 is 11.8 Å². The van der Waals surface area contributed by atoms with Crippen molar-refractivity contribution in [2.24, 2.45) is 5.92 Å². The summed E-state index contributed by atoms with van der Waals surface area (Å²) >= 11 is 1.96. The molecule has 10 nitrogen and oxygen atoms in total. The summed E-state index contributed by atoms with van der Waals surface area (Å²) in [6.45, 7) is 0.527. The summed E-state index contributed by atoms with van der Waals surface area (Å²) in [5.41, 5.74) is 2.12. The van der Waals surface area contributed by atoms with Crippen LogP contribution < -0.4 is 15.2 Å². The molecule has 7 rings (SSSR count). The van der Waals surface area contributed by atoms with Gasteiger partial charge in [0.25, 0.3) is 5.91 Å². The second kappa shape index (κ2) is 11.3. The Morgan fingerprint density at radius 3 is 2.72 bits per heavy atom. The zero-order valence-electron chi connectivity index (χ0n) is 23.8. The molecule has 4 aliphatic rings. The number of nitrogens with zero attached hydrogens (tertiary/aromatic N) is 3. The first-order valence-electron chi connectivity index (χ1n) is 14.6. The molecule has 0 bridgehead atoms. The highest BCUT2D eigenvalue weighted by atomic mass is 32.2. The smallest absolute Gasteiger partial charge is 0.451 e. The standard InChI is InChI=1S/C32H33N3O7S/c1-39-31(38)42-20-41-29-24(36)14-16-34-28(29)30(37)33-17-18-40-19-26(33)35(34)27-22-11-5-6-13-25(22)43-32(15-8-7-12-23(27)32)21-9-3-2-4-10-21/h2-6,9-11,13-14,16,23,26-27H,7-8,12,15,17-20H2,1H3/t23?,26-,27+,32?/m1/s1. The molecule has 0 radical (unpaired) electrons. The summed E-state index contributed by atoms with van der Waals surface area (Å²) < 4.78 is 22.7. The molecule has 11 heteroatoms. The first kappa shape index (κ1) is 27.8. The number of amides is 1. The number of morpholine rings is 1. The van der Waals surface area contributed by atoms with E-state index >= 15 is 0 Å². The van der Waals surface area contributed by atoms with E-state index in [1.54, 1.807) is 15.8 Å². The highest BCUT2D eigenvalue weighted by Crippen LogP contribution is 2.63. The van der Waals surface area contributed by atoms with Crippen LogP contribution in [0.1, 0.15) is 53.3 Å². The van der Waals surface area contributed by atoms with Crippen LogP contribution in [0, 0.1) is 5.92 Å². The van der Waals surface area contributed by atoms with Crippen molar-refractivity contribution in [1.29, 1.82) is 0 Å². The maximum Gasteiger partial charge on any atom is 0.510 e. The monoisotopic (exact) mass is 603 g/mol. The average Bonchev–Trinajstić information content (AvgIpc) is 3.05. The Bertz CT molecular complexity index is 1600. The van der Waals surface area contributed by atoms with Crippen molar-refractivity contribution < 1.29 is 28.5 Å². The minimum atomic E-state index is -0.947. The van der Waals surface area contributed by atoms with E-state index in [4.69, 9.17) is 14.2 Å². The molecule has 4 heterocycles. The Kier molecular flexibility index (Phi) is 7.30. The van der Waals surface area contributed by atoms with Crippen molar-refractivity contribution in [3.8, 4) is 5.75 Å². The Labute approximate surface area is 253 Å². The number of rotatable bonds is 5. The number of carbonyl (C=O) groups is 2. The highest BCUT2D eigenvalue weighted by molar-refractivity contribution is 8.00. The molecule has 1 saturated carbocycles. The molecule has 43 heavy (non-hydrogen) atoms. The zero-order chi connectivity index (χ0) is 29.6. The number of pyridine rings is 1. The molecular formula is C32H33N3O7S. The third-order valence-electron chi connectivity index (χ3n) is 9.07. The number of carbonyl (C=O) groups excluding carboxylic acids is 2. The number of methoxy groups -OCH3 is 1. The van der Waals surface area contributed by atoms with Gasteiger partial charge in [-0.25, -0.2) is 4.79 Å². The molecule has 1 amide bonds. The zero-order valence-corrected chi connectivity index (χ0v) is 24.7. The summed E-state index contributed by atoms with van der Waals surface area (Å²) in [7, 11) is 1.18. The molecule has 3 aromatic rings. The molecule has 2 fully saturated rings. The van der Waals surface area contributed by atoms with E-state index in [9.17, 15) is 14.4 Å². The predicted octanol–water partition coefficient (Wildman–Crippen LogP) is 4.65. The van der Waals surface area contributed by atoms with Crippen molar-refractivity contribution in [1.82, 2.24) is 9.58 Å². The van der Waals surface area contributed by atoms with E-state index < -0.39 is 24.5 Å². The van der Waals surface area contributed by atoms with Crippen LogP contribution in [0.15, 0.2) is 76.6 Å². The summed E-state index contributed by atoms with van der Waals surface area (Å²) in [6, 6.07) is 20.5. The van der Waals surface area contributed by atoms with E-state index in [-0.39, 0.29) is 34.1 Å². The van der Waals surface area contributed by atoms with E-state index in [2.05, 4.69) is 64.3 Å². The summed E-state index contributed by atoms with van der Waals surface area (Å²) in [6.07, 6.45) is 4.59. The molecule has 0 N–H and O–H groups in total. The number of ether oxygens (including phenoxy) is 4. The van der Waals surface area contributed by atoms with Crippen molar-refractivity contribution in [2.45, 2.75) is 47.5 Å². The van der Waals surface area contributed by atoms with E-state index in [0.717, 1.165) is 25.7 Å². The number of hydrogen-bond donors (Lipinski definition) is 0. The van der Waals surface area contributed by atoms with Crippen molar-refractivity contribution in [3.05, 3.63) is 93.9 Å². The van der Waals surface area contributed by atoms with Crippen LogP contribution in [0.25, 0.3) is 0 Å². The van der Waals surface area contributed by atoms with Crippen LogP contribution in [0.4, 0.5) is 4.79 Å². The fourth-order valence-electron chi connectivity index (χ4n) is 7.28. The third kappa shape index (κ3) is 4.56. The van der Waals surface area contributed by atoms with Gasteiger partial charge in [-0.05, 0) is 30.0 Å². The van der Waals surface area contributed by atoms with Crippen LogP contribution in [0.2, 0.25) is 0 Å². The van der Waals surface area contributed by atoms with Crippen molar-refractivity contribution in [2.75, 3.05) is 38.7 Å². The topological polar surface area (TPSA) is 99.5 Å². The fraction of sp³-hybridized carbons (Fsp3) is 0.406. The minimum absolute atomic E-state index is 0.107. The van der Waals surface area contributed by atoms with E-state index in [1.165, 1.54) is 29.2 Å². The quantitative estimate of drug-likeness (QED) is 0.305. The normalized spacial score (nSPS) is 26.0. The van der Waals surface area contributed by atoms with Crippen molar-refractivity contribution >= 4 is 23.8 Å². The van der Waals surface area contributed by atoms with Gasteiger partial charge in [0.1, 0.15) is 6.17 Å². The Morgan fingerprint density at radius 1 is 1.07 bits per heavy atom. The van der Waals surface area contributed by atoms with E-state index in [0.29, 0.717) is 19.8 Å². The first-order chi connectivity index (χ1) is 21.0. The Hall–Kier alpha value is -3.96. The minimum Gasteiger partial charge on any atom is -0.451 e. The van der Waals surface area contributed by atoms with Gasteiger partial charge in [-0.1, -0.05) is 61.4 Å². The van der Waals surface area contributed by atoms with Crippen LogP contribution in [-0.4, -0.2) is 61.5 Å². The SMILES string of the molecule is COC(=O)OCOc1c2n(ccc1=O)N([C@H]1c3ccccc3SC3(c4ccccc4)CCCCC13)[C@@H]1COCCN1C2=O. The molecule has 1 saturated heterocycles. The van der Waals surface area contributed by atoms with Gasteiger partial charge in [0.15, 0.2) is 5.69 Å². The average molecular weight is 604 g/mol. The largest absolute Gasteiger partial charge is 0.510 e. The van der Waals surface area contributed by atoms with Crippen LogP contribution in [-0.2, 0) is 19.0 Å². The molecule has 3 aliphatic heterocycles. The van der Waals surface area contributed by atoms with Gasteiger partial charge in [-0.3, -0.25) is 19.3 Å². The number of benzene rings is 2. The number of aromatic nitrogens is 1. The molecular weight excluding hydrogens is 570 g/mol. The van der Waals surface area contributed by atoms with Gasteiger partial charge < -0.3 is 23.8 Å². The maximum atomic E-state index is 14.1. The summed E-state index contributed by atoms with van der Waals surface area (Å²) in [5.74, 6) is -0.297. The second-order valence-corrected chi connectivity index (χ2v) is 12.6. The third-order valence-corrected chi connectivity index (χ3v) is 10.8. The molecule has 224 valence electrons. The lowest BCUT2D eigenvalue weighted by atomic mass is 9.69. The molecule has 4 atom stereocenters. The lowest BCUT2D eigenvalue weighted by molar-refractivity contribution is -0.0267. The van der Waals surface area contributed by atoms with Gasteiger partial charge in [0, 0.05) is 29.6 Å². The molecule has 1 aromatic heterocycles. The fourth-order valence-corrected chi connectivity index (χ4v) is 9.03. The number of hydrogen-bond acceptors (Lipinski definition) is 9. The number of fused-ring (bicyclic) bond motifs is 4. The number of thioether (sulfide) groups is 1. The second-order valence-electron chi connectivity index (χ2n) is 11.2. The van der Waals surface area contributed by atoms with Crippen LogP contribution in [0.3, 0.4) is 0 Å². The van der Waals surface area contributed by atoms with Crippen molar-refractivity contribution in [3.63, 3.8) is 0 Å². The van der Waals surface area contributed by atoms with Gasteiger partial charge in [0.2, 0.25) is 18.0 Å².